The highest BCUT2D eigenvalue weighted by atomic mass is 79.9. The smallest absolute Gasteiger partial charge is 0.310 e. The van der Waals surface area contributed by atoms with Crippen molar-refractivity contribution in [3.63, 3.8) is 0 Å². The van der Waals surface area contributed by atoms with Gasteiger partial charge in [-0.2, -0.15) is 0 Å². The second-order valence-electron chi connectivity index (χ2n) is 10.4. The van der Waals surface area contributed by atoms with Gasteiger partial charge in [-0.05, 0) is 19.3 Å². The van der Waals surface area contributed by atoms with Crippen LogP contribution in [0.2, 0.25) is 0 Å². The number of alkyl halides is 1. The number of likely N-dealkylation sites (tertiary alicyclic amines) is 1. The van der Waals surface area contributed by atoms with Crippen molar-refractivity contribution in [3.05, 3.63) is 25.3 Å². The molecule has 7 atom stereocenters. The van der Waals surface area contributed by atoms with Gasteiger partial charge >= 0.3 is 5.97 Å². The van der Waals surface area contributed by atoms with Crippen LogP contribution in [0.1, 0.15) is 26.2 Å². The Labute approximate surface area is 238 Å². The lowest BCUT2D eigenvalue weighted by atomic mass is 9.71. The van der Waals surface area contributed by atoms with E-state index in [2.05, 4.69) is 34.0 Å². The number of carbonyl (C=O) groups excluding carboxylic acids is 3. The fraction of sp³-hybridized carbons (Fsp3) is 0.741. The molecular formula is C27H40BrN3O6S. The number of aliphatic hydroxyl groups excluding tert-OH is 1. The first kappa shape index (κ1) is 29.6. The molecule has 4 aliphatic rings. The van der Waals surface area contributed by atoms with Crippen molar-refractivity contribution in [3.8, 4) is 0 Å². The SMILES string of the molecule is C=CCCOC(=O)[C@H]1[C@H]2C(=O)N([C@@H](CC)CO)C(C(=O)N(CC=C)CCN3CCOCC3)C23CC(Br)[C@@H]1S3. The van der Waals surface area contributed by atoms with Crippen LogP contribution in [-0.4, -0.2) is 124 Å². The quantitative estimate of drug-likeness (QED) is 0.145. The number of thioether (sulfide) groups is 1. The number of hydrogen-bond acceptors (Lipinski definition) is 8. The highest BCUT2D eigenvalue weighted by molar-refractivity contribution is 9.09. The Morgan fingerprint density at radius 1 is 1.34 bits per heavy atom. The van der Waals surface area contributed by atoms with Crippen LogP contribution in [0.5, 0.6) is 0 Å². The fourth-order valence-electron chi connectivity index (χ4n) is 6.47. The average molecular weight is 615 g/mol. The lowest BCUT2D eigenvalue weighted by Crippen LogP contribution is -2.58. The van der Waals surface area contributed by atoms with Gasteiger partial charge in [-0.15, -0.1) is 24.9 Å². The van der Waals surface area contributed by atoms with E-state index in [1.807, 2.05) is 6.92 Å². The molecule has 0 radical (unpaired) electrons. The van der Waals surface area contributed by atoms with Crippen molar-refractivity contribution in [2.45, 2.75) is 53.1 Å². The van der Waals surface area contributed by atoms with E-state index in [-0.39, 0.29) is 35.1 Å². The number of carbonyl (C=O) groups is 3. The van der Waals surface area contributed by atoms with Crippen molar-refractivity contribution in [2.75, 3.05) is 59.2 Å². The normalized spacial score (nSPS) is 33.2. The van der Waals surface area contributed by atoms with Crippen LogP contribution in [0.3, 0.4) is 0 Å². The molecule has 2 bridgehead atoms. The summed E-state index contributed by atoms with van der Waals surface area (Å²) in [5, 5.41) is 10.1. The molecule has 3 unspecified atom stereocenters. The molecule has 38 heavy (non-hydrogen) atoms. The Morgan fingerprint density at radius 3 is 2.71 bits per heavy atom. The Balaban J connectivity index is 1.66. The maximum absolute atomic E-state index is 14.4. The minimum absolute atomic E-state index is 0.0286. The highest BCUT2D eigenvalue weighted by Gasteiger charge is 2.76. The number of hydrogen-bond donors (Lipinski definition) is 1. The fourth-order valence-corrected chi connectivity index (χ4v) is 10.1. The summed E-state index contributed by atoms with van der Waals surface area (Å²) < 4.78 is 10.3. The number of aliphatic hydroxyl groups is 1. The van der Waals surface area contributed by atoms with Crippen LogP contribution < -0.4 is 0 Å². The molecular weight excluding hydrogens is 574 g/mol. The number of nitrogens with zero attached hydrogens (tertiary/aromatic N) is 3. The summed E-state index contributed by atoms with van der Waals surface area (Å²) in [6.07, 6.45) is 5.03. The van der Waals surface area contributed by atoms with Crippen LogP contribution in [0.4, 0.5) is 0 Å². The maximum Gasteiger partial charge on any atom is 0.310 e. The number of halogens is 1. The molecule has 0 aromatic rings. The zero-order valence-corrected chi connectivity index (χ0v) is 24.5. The minimum Gasteiger partial charge on any atom is -0.465 e. The first-order valence-corrected chi connectivity index (χ1v) is 15.4. The summed E-state index contributed by atoms with van der Waals surface area (Å²) in [4.78, 5) is 47.5. The molecule has 4 aliphatic heterocycles. The molecule has 4 rings (SSSR count). The van der Waals surface area contributed by atoms with Crippen LogP contribution in [0.25, 0.3) is 0 Å². The molecule has 2 amide bonds. The first-order chi connectivity index (χ1) is 18.3. The molecule has 0 saturated carbocycles. The predicted octanol–water partition coefficient (Wildman–Crippen LogP) is 1.69. The second kappa shape index (κ2) is 12.8. The van der Waals surface area contributed by atoms with Crippen LogP contribution in [0, 0.1) is 11.8 Å². The molecule has 1 N–H and O–H groups in total. The highest BCUT2D eigenvalue weighted by Crippen LogP contribution is 2.68. The molecule has 4 heterocycles. The standard InChI is InChI=1S/C27H40BrN3O6S/c1-4-7-13-37-26(35)20-21-24(33)31(18(6-3)17-32)23(27(21)16-19(28)22(20)38-27)25(34)30(8-5-2)10-9-29-11-14-36-15-12-29/h4-5,18-23,32H,1-2,6-17H2,3H3/t18-,19?,20-,21-,22-,23?,27?/m0/s1. The van der Waals surface area contributed by atoms with Gasteiger partial charge in [0.25, 0.3) is 0 Å². The summed E-state index contributed by atoms with van der Waals surface area (Å²) in [6, 6.07) is -1.28. The van der Waals surface area contributed by atoms with E-state index < -0.39 is 34.6 Å². The molecule has 0 aromatic heterocycles. The lowest BCUT2D eigenvalue weighted by molar-refractivity contribution is -0.154. The van der Waals surface area contributed by atoms with Crippen LogP contribution in [-0.2, 0) is 23.9 Å². The van der Waals surface area contributed by atoms with Crippen molar-refractivity contribution in [1.29, 1.82) is 0 Å². The van der Waals surface area contributed by atoms with Crippen molar-refractivity contribution in [2.24, 2.45) is 11.8 Å². The molecule has 0 aliphatic carbocycles. The van der Waals surface area contributed by atoms with Gasteiger partial charge in [0, 0.05) is 42.8 Å². The van der Waals surface area contributed by atoms with Gasteiger partial charge in [0.15, 0.2) is 0 Å². The Hall–Kier alpha value is -1.40. The predicted molar refractivity (Wildman–Crippen MR) is 150 cm³/mol. The maximum atomic E-state index is 14.4. The van der Waals surface area contributed by atoms with E-state index in [0.717, 1.165) is 13.1 Å². The minimum atomic E-state index is -0.775. The molecule has 0 aromatic carbocycles. The lowest BCUT2D eigenvalue weighted by Gasteiger charge is -2.40. The number of morpholine rings is 1. The van der Waals surface area contributed by atoms with E-state index in [0.29, 0.717) is 52.1 Å². The number of rotatable bonds is 13. The number of ether oxygens (including phenoxy) is 2. The van der Waals surface area contributed by atoms with Crippen molar-refractivity contribution in [1.82, 2.24) is 14.7 Å². The third kappa shape index (κ3) is 5.33. The Bertz CT molecular complexity index is 913. The summed E-state index contributed by atoms with van der Waals surface area (Å²) >= 11 is 5.36. The average Bonchev–Trinajstić information content (AvgIpc) is 3.51. The molecule has 9 nitrogen and oxygen atoms in total. The van der Waals surface area contributed by atoms with E-state index >= 15 is 0 Å². The molecule has 4 saturated heterocycles. The van der Waals surface area contributed by atoms with Crippen molar-refractivity contribution >= 4 is 45.5 Å². The summed E-state index contributed by atoms with van der Waals surface area (Å²) in [6.45, 7) is 14.0. The third-order valence-corrected chi connectivity index (χ3v) is 11.5. The summed E-state index contributed by atoms with van der Waals surface area (Å²) in [5.74, 6) is -2.07. The first-order valence-electron chi connectivity index (χ1n) is 13.6. The molecule has 212 valence electrons. The third-order valence-electron chi connectivity index (χ3n) is 8.33. The molecule has 1 spiro atoms. The monoisotopic (exact) mass is 613 g/mol. The summed E-state index contributed by atoms with van der Waals surface area (Å²) in [5.41, 5.74) is 0. The van der Waals surface area contributed by atoms with Gasteiger partial charge < -0.3 is 24.4 Å². The number of fused-ring (bicyclic) bond motifs is 1. The van der Waals surface area contributed by atoms with E-state index in [9.17, 15) is 19.5 Å². The topological polar surface area (TPSA) is 99.6 Å². The van der Waals surface area contributed by atoms with Crippen LogP contribution in [0.15, 0.2) is 25.3 Å². The number of esters is 1. The second-order valence-corrected chi connectivity index (χ2v) is 13.1. The Kier molecular flexibility index (Phi) is 10.00. The number of amides is 2. The molecule has 11 heteroatoms. The van der Waals surface area contributed by atoms with Crippen molar-refractivity contribution < 1.29 is 29.0 Å². The van der Waals surface area contributed by atoms with Gasteiger partial charge in [-0.1, -0.05) is 35.0 Å². The zero-order valence-electron chi connectivity index (χ0n) is 22.1. The molecule has 4 fully saturated rings. The largest absolute Gasteiger partial charge is 0.465 e. The van der Waals surface area contributed by atoms with Crippen LogP contribution >= 0.6 is 27.7 Å². The van der Waals surface area contributed by atoms with E-state index in [4.69, 9.17) is 9.47 Å². The zero-order chi connectivity index (χ0) is 27.4. The van der Waals surface area contributed by atoms with Gasteiger partial charge in [-0.25, -0.2) is 0 Å². The van der Waals surface area contributed by atoms with Gasteiger partial charge in [0.05, 0.1) is 49.1 Å². The summed E-state index contributed by atoms with van der Waals surface area (Å²) in [7, 11) is 0. The van der Waals surface area contributed by atoms with Gasteiger partial charge in [-0.3, -0.25) is 19.3 Å². The van der Waals surface area contributed by atoms with E-state index in [1.54, 1.807) is 33.7 Å². The van der Waals surface area contributed by atoms with Gasteiger partial charge in [0.2, 0.25) is 11.8 Å². The van der Waals surface area contributed by atoms with E-state index in [1.165, 1.54) is 0 Å². The van der Waals surface area contributed by atoms with Gasteiger partial charge in [0.1, 0.15) is 6.04 Å². The Morgan fingerprint density at radius 2 is 2.08 bits per heavy atom.